The minimum Gasteiger partial charge on any atom is -0.464 e. The van der Waals surface area contributed by atoms with Crippen molar-refractivity contribution in [2.75, 3.05) is 12.8 Å². The fourth-order valence-electron chi connectivity index (χ4n) is 1.98. The lowest BCUT2D eigenvalue weighted by Crippen LogP contribution is -2.19. The third-order valence-corrected chi connectivity index (χ3v) is 3.06. The number of hydrogen-bond acceptors (Lipinski definition) is 4. The van der Waals surface area contributed by atoms with Gasteiger partial charge >= 0.3 is 12.1 Å². The average Bonchev–Trinajstić information content (AvgIpc) is 2.44. The molecule has 0 fully saturated rings. The number of carbonyl (C=O) groups excluding carboxylic acids is 1. The lowest BCUT2D eigenvalue weighted by atomic mass is 10.0. The third-order valence-electron chi connectivity index (χ3n) is 3.06. The first-order valence-electron chi connectivity index (χ1n) is 6.27. The quantitative estimate of drug-likeness (QED) is 0.863. The van der Waals surface area contributed by atoms with Crippen molar-refractivity contribution in [3.05, 3.63) is 47.2 Å². The zero-order valence-electron chi connectivity index (χ0n) is 11.9. The lowest BCUT2D eigenvalue weighted by Gasteiger charge is -2.15. The van der Waals surface area contributed by atoms with Gasteiger partial charge in [-0.15, -0.1) is 0 Å². The van der Waals surface area contributed by atoms with E-state index in [1.165, 1.54) is 0 Å². The molecule has 2 N–H and O–H groups in total. The maximum Gasteiger partial charge on any atom is 0.420 e. The van der Waals surface area contributed by atoms with Crippen molar-refractivity contribution < 1.29 is 22.7 Å². The smallest absolute Gasteiger partial charge is 0.420 e. The molecule has 7 heteroatoms. The first-order valence-corrected chi connectivity index (χ1v) is 6.27. The van der Waals surface area contributed by atoms with Gasteiger partial charge < -0.3 is 10.5 Å². The van der Waals surface area contributed by atoms with Crippen LogP contribution in [0.3, 0.4) is 0 Å². The first kappa shape index (κ1) is 15.8. The van der Waals surface area contributed by atoms with Gasteiger partial charge in [0.1, 0.15) is 5.56 Å². The van der Waals surface area contributed by atoms with E-state index >= 15 is 0 Å². The molecule has 4 nitrogen and oxygen atoms in total. The molecule has 1 aromatic carbocycles. The molecule has 0 bridgehead atoms. The average molecular weight is 310 g/mol. The van der Waals surface area contributed by atoms with Crippen LogP contribution in [-0.4, -0.2) is 18.1 Å². The molecule has 1 heterocycles. The molecule has 0 amide bonds. The summed E-state index contributed by atoms with van der Waals surface area (Å²) in [4.78, 5) is 15.4. The summed E-state index contributed by atoms with van der Waals surface area (Å²) in [6, 6.07) is 8.03. The fraction of sp³-hybridized carbons (Fsp3) is 0.200. The number of benzene rings is 1. The molecule has 0 spiro atoms. The molecular formula is C15H13F3N2O2. The molecule has 0 aliphatic rings. The standard InChI is InChI=1S/C15H13F3N2O2/c1-8-3-5-9(6-4-8)11-7-10(19)12(15(16,17)18)13(20-11)14(21)22-2/h3-7H,1-2H3,(H2,19,20). The van der Waals surface area contributed by atoms with Crippen LogP contribution >= 0.6 is 0 Å². The summed E-state index contributed by atoms with van der Waals surface area (Å²) in [5.41, 5.74) is 4.51. The molecule has 0 atom stereocenters. The number of ether oxygens (including phenoxy) is 1. The van der Waals surface area contributed by atoms with E-state index in [0.29, 0.717) is 5.56 Å². The van der Waals surface area contributed by atoms with E-state index in [1.54, 1.807) is 24.3 Å². The first-order chi connectivity index (χ1) is 10.2. The Kier molecular flexibility index (Phi) is 4.07. The van der Waals surface area contributed by atoms with Gasteiger partial charge in [0.2, 0.25) is 0 Å². The zero-order valence-corrected chi connectivity index (χ0v) is 11.9. The highest BCUT2D eigenvalue weighted by atomic mass is 19.4. The van der Waals surface area contributed by atoms with Crippen LogP contribution in [0.5, 0.6) is 0 Å². The van der Waals surface area contributed by atoms with Gasteiger partial charge in [-0.05, 0) is 13.0 Å². The largest absolute Gasteiger partial charge is 0.464 e. The minimum absolute atomic E-state index is 0.172. The molecular weight excluding hydrogens is 297 g/mol. The second kappa shape index (κ2) is 5.67. The number of aromatic nitrogens is 1. The second-order valence-corrected chi connectivity index (χ2v) is 4.68. The van der Waals surface area contributed by atoms with Crippen molar-refractivity contribution in [1.29, 1.82) is 0 Å². The number of nitrogens with two attached hydrogens (primary N) is 1. The van der Waals surface area contributed by atoms with E-state index in [0.717, 1.165) is 18.7 Å². The Morgan fingerprint density at radius 3 is 2.32 bits per heavy atom. The lowest BCUT2D eigenvalue weighted by molar-refractivity contribution is -0.137. The Hall–Kier alpha value is -2.57. The van der Waals surface area contributed by atoms with Crippen molar-refractivity contribution >= 4 is 11.7 Å². The predicted octanol–water partition coefficient (Wildman–Crippen LogP) is 3.44. The summed E-state index contributed by atoms with van der Waals surface area (Å²) < 4.78 is 43.6. The molecule has 2 aromatic rings. The molecule has 0 aliphatic heterocycles. The van der Waals surface area contributed by atoms with Crippen LogP contribution in [0.2, 0.25) is 0 Å². The van der Waals surface area contributed by atoms with Crippen LogP contribution in [-0.2, 0) is 10.9 Å². The maximum absolute atomic E-state index is 13.1. The van der Waals surface area contributed by atoms with Gasteiger partial charge in [0, 0.05) is 11.3 Å². The monoisotopic (exact) mass is 310 g/mol. The summed E-state index contributed by atoms with van der Waals surface area (Å²) in [7, 11) is 0.985. The number of nitrogen functional groups attached to an aromatic ring is 1. The number of esters is 1. The van der Waals surface area contributed by atoms with Crippen molar-refractivity contribution in [2.45, 2.75) is 13.1 Å². The number of aryl methyl sites for hydroxylation is 1. The van der Waals surface area contributed by atoms with Crippen LogP contribution in [0.15, 0.2) is 30.3 Å². The van der Waals surface area contributed by atoms with Gasteiger partial charge in [0.15, 0.2) is 5.69 Å². The van der Waals surface area contributed by atoms with E-state index in [9.17, 15) is 18.0 Å². The predicted molar refractivity (Wildman–Crippen MR) is 75.2 cm³/mol. The summed E-state index contributed by atoms with van der Waals surface area (Å²) in [5, 5.41) is 0. The van der Waals surface area contributed by atoms with Gasteiger partial charge in [-0.25, -0.2) is 9.78 Å². The Balaban J connectivity index is 2.67. The second-order valence-electron chi connectivity index (χ2n) is 4.68. The number of methoxy groups -OCH3 is 1. The summed E-state index contributed by atoms with van der Waals surface area (Å²) in [6.07, 6.45) is -4.80. The van der Waals surface area contributed by atoms with E-state index < -0.39 is 29.1 Å². The van der Waals surface area contributed by atoms with Gasteiger partial charge in [-0.2, -0.15) is 13.2 Å². The highest BCUT2D eigenvalue weighted by Crippen LogP contribution is 2.37. The number of carbonyl (C=O) groups is 1. The molecule has 116 valence electrons. The van der Waals surface area contributed by atoms with E-state index in [4.69, 9.17) is 5.73 Å². The van der Waals surface area contributed by atoms with Crippen LogP contribution in [0.25, 0.3) is 11.3 Å². The van der Waals surface area contributed by atoms with E-state index in [-0.39, 0.29) is 5.69 Å². The number of alkyl halides is 3. The zero-order chi connectivity index (χ0) is 16.5. The van der Waals surface area contributed by atoms with Gasteiger partial charge in [-0.3, -0.25) is 0 Å². The molecule has 0 saturated carbocycles. The number of pyridine rings is 1. The highest BCUT2D eigenvalue weighted by Gasteiger charge is 2.39. The molecule has 0 aliphatic carbocycles. The summed E-state index contributed by atoms with van der Waals surface area (Å²) >= 11 is 0. The number of anilines is 1. The molecule has 22 heavy (non-hydrogen) atoms. The fourth-order valence-corrected chi connectivity index (χ4v) is 1.98. The summed E-state index contributed by atoms with van der Waals surface area (Å²) in [6.45, 7) is 1.87. The maximum atomic E-state index is 13.1. The highest BCUT2D eigenvalue weighted by molar-refractivity contribution is 5.92. The molecule has 0 radical (unpaired) electrons. The van der Waals surface area contributed by atoms with Gasteiger partial charge in [-0.1, -0.05) is 29.8 Å². The summed E-state index contributed by atoms with van der Waals surface area (Å²) in [5.74, 6) is -1.19. The number of nitrogens with zero attached hydrogens (tertiary/aromatic N) is 1. The third kappa shape index (κ3) is 3.03. The Bertz CT molecular complexity index is 710. The van der Waals surface area contributed by atoms with Crippen LogP contribution in [0.4, 0.5) is 18.9 Å². The normalized spacial score (nSPS) is 11.3. The molecule has 0 unspecified atom stereocenters. The Labute approximate surface area is 124 Å². The van der Waals surface area contributed by atoms with E-state index in [1.807, 2.05) is 6.92 Å². The van der Waals surface area contributed by atoms with Crippen LogP contribution in [0, 0.1) is 6.92 Å². The molecule has 0 saturated heterocycles. The van der Waals surface area contributed by atoms with Crippen LogP contribution < -0.4 is 5.73 Å². The molecule has 2 rings (SSSR count). The topological polar surface area (TPSA) is 65.2 Å². The van der Waals surface area contributed by atoms with Crippen LogP contribution in [0.1, 0.15) is 21.6 Å². The number of rotatable bonds is 2. The Morgan fingerprint density at radius 2 is 1.82 bits per heavy atom. The van der Waals surface area contributed by atoms with Crippen molar-refractivity contribution in [3.8, 4) is 11.3 Å². The van der Waals surface area contributed by atoms with Gasteiger partial charge in [0.05, 0.1) is 12.8 Å². The van der Waals surface area contributed by atoms with E-state index in [2.05, 4.69) is 9.72 Å². The number of hydrogen-bond donors (Lipinski definition) is 1. The van der Waals surface area contributed by atoms with Crippen molar-refractivity contribution in [2.24, 2.45) is 0 Å². The number of halogens is 3. The van der Waals surface area contributed by atoms with Gasteiger partial charge in [0.25, 0.3) is 0 Å². The SMILES string of the molecule is COC(=O)c1nc(-c2ccc(C)cc2)cc(N)c1C(F)(F)F. The van der Waals surface area contributed by atoms with Crippen molar-refractivity contribution in [3.63, 3.8) is 0 Å². The minimum atomic E-state index is -4.80. The molecule has 1 aromatic heterocycles. The Morgan fingerprint density at radius 1 is 1.23 bits per heavy atom. The van der Waals surface area contributed by atoms with Crippen molar-refractivity contribution in [1.82, 2.24) is 4.98 Å².